The van der Waals surface area contributed by atoms with E-state index in [9.17, 15) is 4.79 Å². The van der Waals surface area contributed by atoms with Gasteiger partial charge in [0.05, 0.1) is 22.1 Å². The predicted molar refractivity (Wildman–Crippen MR) is 156 cm³/mol. The summed E-state index contributed by atoms with van der Waals surface area (Å²) in [6.07, 6.45) is 10.9. The summed E-state index contributed by atoms with van der Waals surface area (Å²) in [5.74, 6) is 3.56. The lowest BCUT2D eigenvalue weighted by Gasteiger charge is -2.20. The SMILES string of the molecule is Cc1nnc2c(NCCCCCC(=O)CC3CCCCC3)nc3cc(-c4nc5ccccc5n4C)ccc3n12. The number of unbranched alkanes of at least 4 members (excludes halogenated alkanes) is 2. The molecule has 1 N–H and O–H groups in total. The lowest BCUT2D eigenvalue weighted by atomic mass is 9.85. The third kappa shape index (κ3) is 5.24. The van der Waals surface area contributed by atoms with E-state index >= 15 is 0 Å². The number of hydrogen-bond donors (Lipinski definition) is 1. The molecule has 202 valence electrons. The van der Waals surface area contributed by atoms with Gasteiger partial charge >= 0.3 is 0 Å². The molecule has 0 spiro atoms. The zero-order chi connectivity index (χ0) is 26.8. The minimum Gasteiger partial charge on any atom is -0.367 e. The molecule has 5 aromatic rings. The quantitative estimate of drug-likeness (QED) is 0.206. The molecular formula is C31H37N7O. The van der Waals surface area contributed by atoms with E-state index in [1.54, 1.807) is 0 Å². The molecule has 2 aromatic carbocycles. The maximum Gasteiger partial charge on any atom is 0.204 e. The molecule has 0 saturated heterocycles. The summed E-state index contributed by atoms with van der Waals surface area (Å²) in [6.45, 7) is 2.74. The van der Waals surface area contributed by atoms with Gasteiger partial charge in [-0.2, -0.15) is 0 Å². The molecule has 8 heteroatoms. The van der Waals surface area contributed by atoms with Gasteiger partial charge in [0.1, 0.15) is 17.4 Å². The lowest BCUT2D eigenvalue weighted by Crippen LogP contribution is -2.12. The molecular weight excluding hydrogens is 486 g/mol. The van der Waals surface area contributed by atoms with Crippen molar-refractivity contribution < 1.29 is 4.79 Å². The Balaban J connectivity index is 1.14. The van der Waals surface area contributed by atoms with Crippen molar-refractivity contribution in [3.05, 3.63) is 48.3 Å². The maximum absolute atomic E-state index is 12.4. The van der Waals surface area contributed by atoms with Gasteiger partial charge in [-0.05, 0) is 56.0 Å². The Morgan fingerprint density at radius 2 is 1.79 bits per heavy atom. The van der Waals surface area contributed by atoms with Crippen LogP contribution in [0.15, 0.2) is 42.5 Å². The molecule has 3 aromatic heterocycles. The number of benzene rings is 2. The summed E-state index contributed by atoms with van der Waals surface area (Å²) in [4.78, 5) is 22.2. The summed E-state index contributed by atoms with van der Waals surface area (Å²) in [5, 5.41) is 12.2. The van der Waals surface area contributed by atoms with Crippen molar-refractivity contribution in [3.8, 4) is 11.4 Å². The van der Waals surface area contributed by atoms with Crippen molar-refractivity contribution in [1.82, 2.24) is 29.1 Å². The summed E-state index contributed by atoms with van der Waals surface area (Å²) < 4.78 is 4.19. The summed E-state index contributed by atoms with van der Waals surface area (Å²) >= 11 is 0. The highest BCUT2D eigenvalue weighted by Crippen LogP contribution is 2.29. The molecule has 0 radical (unpaired) electrons. The Hall–Kier alpha value is -3.81. The highest BCUT2D eigenvalue weighted by Gasteiger charge is 2.17. The molecule has 0 unspecified atom stereocenters. The molecule has 6 rings (SSSR count). The van der Waals surface area contributed by atoms with Crippen LogP contribution in [0.2, 0.25) is 0 Å². The number of anilines is 1. The molecule has 8 nitrogen and oxygen atoms in total. The van der Waals surface area contributed by atoms with Gasteiger partial charge in [0.15, 0.2) is 5.82 Å². The standard InChI is InChI=1S/C31H37N7O/c1-21-35-36-31-29(32-18-10-4-7-13-24(39)19-22-11-5-3-6-12-22)33-26-20-23(16-17-28(26)38(21)31)30-34-25-14-8-9-15-27(25)37(30)2/h8-9,14-17,20,22H,3-7,10-13,18-19H2,1-2H3,(H,32,33). The minimum atomic E-state index is 0.447. The van der Waals surface area contributed by atoms with Crippen molar-refractivity contribution in [2.75, 3.05) is 11.9 Å². The van der Waals surface area contributed by atoms with Crippen LogP contribution in [-0.2, 0) is 11.8 Å². The van der Waals surface area contributed by atoms with Gasteiger partial charge in [0.2, 0.25) is 5.65 Å². The van der Waals surface area contributed by atoms with Gasteiger partial charge < -0.3 is 9.88 Å². The molecule has 1 aliphatic carbocycles. The van der Waals surface area contributed by atoms with Crippen LogP contribution in [0.3, 0.4) is 0 Å². The van der Waals surface area contributed by atoms with Crippen molar-refractivity contribution in [1.29, 1.82) is 0 Å². The Morgan fingerprint density at radius 1 is 0.949 bits per heavy atom. The van der Waals surface area contributed by atoms with Crippen LogP contribution in [-0.4, -0.2) is 41.5 Å². The van der Waals surface area contributed by atoms with E-state index in [-0.39, 0.29) is 0 Å². The van der Waals surface area contributed by atoms with Crippen LogP contribution < -0.4 is 5.32 Å². The van der Waals surface area contributed by atoms with Crippen LogP contribution in [0.25, 0.3) is 39.1 Å². The van der Waals surface area contributed by atoms with Gasteiger partial charge in [-0.15, -0.1) is 10.2 Å². The number of nitrogens with one attached hydrogen (secondary N) is 1. The maximum atomic E-state index is 12.4. The van der Waals surface area contributed by atoms with Crippen LogP contribution in [0.1, 0.15) is 70.0 Å². The Bertz CT molecular complexity index is 1630. The summed E-state index contributed by atoms with van der Waals surface area (Å²) in [6, 6.07) is 14.4. The third-order valence-electron chi connectivity index (χ3n) is 8.20. The number of carbonyl (C=O) groups excluding carboxylic acids is 1. The van der Waals surface area contributed by atoms with Gasteiger partial charge in [0.25, 0.3) is 0 Å². The van der Waals surface area contributed by atoms with E-state index in [4.69, 9.17) is 9.97 Å². The Morgan fingerprint density at radius 3 is 2.64 bits per heavy atom. The fourth-order valence-corrected chi connectivity index (χ4v) is 6.08. The van der Waals surface area contributed by atoms with E-state index < -0.39 is 0 Å². The number of Topliss-reactive ketones (excluding diaryl/α,β-unsaturated/α-hetero) is 1. The van der Waals surface area contributed by atoms with E-state index in [0.717, 1.165) is 83.0 Å². The van der Waals surface area contributed by atoms with Gasteiger partial charge in [-0.1, -0.05) is 50.7 Å². The smallest absolute Gasteiger partial charge is 0.204 e. The molecule has 0 bridgehead atoms. The molecule has 1 saturated carbocycles. The number of hydrogen-bond acceptors (Lipinski definition) is 6. The number of aromatic nitrogens is 6. The van der Waals surface area contributed by atoms with Crippen LogP contribution in [0, 0.1) is 12.8 Å². The first-order chi connectivity index (χ1) is 19.1. The van der Waals surface area contributed by atoms with Gasteiger partial charge in [-0.3, -0.25) is 9.20 Å². The summed E-state index contributed by atoms with van der Waals surface area (Å²) in [7, 11) is 2.05. The van der Waals surface area contributed by atoms with Gasteiger partial charge in [0, 0.05) is 32.0 Å². The number of aryl methyl sites for hydroxylation is 2. The Kier molecular flexibility index (Phi) is 7.26. The molecule has 1 fully saturated rings. The topological polar surface area (TPSA) is 90.0 Å². The zero-order valence-electron chi connectivity index (χ0n) is 23.0. The number of carbonyl (C=O) groups is 1. The molecule has 0 amide bonds. The zero-order valence-corrected chi connectivity index (χ0v) is 23.0. The monoisotopic (exact) mass is 523 g/mol. The predicted octanol–water partition coefficient (Wildman–Crippen LogP) is 6.65. The van der Waals surface area contributed by atoms with Crippen molar-refractivity contribution in [3.63, 3.8) is 0 Å². The number of fused-ring (bicyclic) bond motifs is 4. The minimum absolute atomic E-state index is 0.447. The van der Waals surface area contributed by atoms with E-state index in [1.807, 2.05) is 32.2 Å². The average Bonchev–Trinajstić information content (AvgIpc) is 3.51. The Labute approximate surface area is 228 Å². The normalized spacial score (nSPS) is 14.5. The second kappa shape index (κ2) is 11.1. The molecule has 1 aliphatic rings. The number of imidazole rings is 1. The number of para-hydroxylation sites is 2. The first-order valence-electron chi connectivity index (χ1n) is 14.4. The summed E-state index contributed by atoms with van der Waals surface area (Å²) in [5.41, 5.74) is 5.67. The highest BCUT2D eigenvalue weighted by atomic mass is 16.1. The fourth-order valence-electron chi connectivity index (χ4n) is 6.08. The average molecular weight is 524 g/mol. The third-order valence-corrected chi connectivity index (χ3v) is 8.20. The number of rotatable bonds is 10. The van der Waals surface area contributed by atoms with Gasteiger partial charge in [-0.25, -0.2) is 9.97 Å². The van der Waals surface area contributed by atoms with E-state index in [1.165, 1.54) is 32.1 Å². The van der Waals surface area contributed by atoms with Crippen molar-refractivity contribution >= 4 is 39.3 Å². The lowest BCUT2D eigenvalue weighted by molar-refractivity contribution is -0.120. The molecule has 3 heterocycles. The van der Waals surface area contributed by atoms with E-state index in [2.05, 4.69) is 48.7 Å². The van der Waals surface area contributed by atoms with Crippen LogP contribution in [0.5, 0.6) is 0 Å². The number of nitrogens with zero attached hydrogens (tertiary/aromatic N) is 6. The number of ketones is 1. The highest BCUT2D eigenvalue weighted by molar-refractivity contribution is 5.88. The fraction of sp³-hybridized carbons (Fsp3) is 0.452. The van der Waals surface area contributed by atoms with Crippen molar-refractivity contribution in [2.45, 2.75) is 71.1 Å². The van der Waals surface area contributed by atoms with Crippen LogP contribution in [0.4, 0.5) is 5.82 Å². The first-order valence-corrected chi connectivity index (χ1v) is 14.4. The first kappa shape index (κ1) is 25.5. The molecule has 39 heavy (non-hydrogen) atoms. The molecule has 0 aliphatic heterocycles. The van der Waals surface area contributed by atoms with Crippen LogP contribution >= 0.6 is 0 Å². The van der Waals surface area contributed by atoms with Crippen molar-refractivity contribution in [2.24, 2.45) is 13.0 Å². The molecule has 0 atom stereocenters. The largest absolute Gasteiger partial charge is 0.367 e. The second-order valence-corrected chi connectivity index (χ2v) is 11.0. The van der Waals surface area contributed by atoms with E-state index in [0.29, 0.717) is 18.1 Å². The second-order valence-electron chi connectivity index (χ2n) is 11.0.